The molecule has 2 rings (SSSR count). The summed E-state index contributed by atoms with van der Waals surface area (Å²) < 4.78 is 1.06. The van der Waals surface area contributed by atoms with Crippen LogP contribution in [0.15, 0.2) is 22.7 Å². The van der Waals surface area contributed by atoms with Crippen LogP contribution in [0, 0.1) is 11.8 Å². The van der Waals surface area contributed by atoms with E-state index >= 15 is 0 Å². The van der Waals surface area contributed by atoms with E-state index in [0.717, 1.165) is 28.4 Å². The van der Waals surface area contributed by atoms with Gasteiger partial charge in [-0.3, -0.25) is 0 Å². The Hall–Kier alpha value is -0.540. The molecule has 0 heterocycles. The molecule has 0 bridgehead atoms. The Bertz CT molecular complexity index is 405. The lowest BCUT2D eigenvalue weighted by Crippen LogP contribution is -2.21. The van der Waals surface area contributed by atoms with Gasteiger partial charge in [-0.25, -0.2) is 0 Å². The molecule has 0 saturated heterocycles. The van der Waals surface area contributed by atoms with Gasteiger partial charge in [0.05, 0.1) is 11.8 Å². The van der Waals surface area contributed by atoms with Crippen molar-refractivity contribution < 1.29 is 5.11 Å². The van der Waals surface area contributed by atoms with E-state index < -0.39 is 6.10 Å². The first-order valence-corrected chi connectivity index (χ1v) is 6.97. The molecule has 3 atom stereocenters. The first kappa shape index (κ1) is 12.9. The molecular formula is C14H20BrNO. The normalized spacial score (nSPS) is 24.5. The summed E-state index contributed by atoms with van der Waals surface area (Å²) in [6.07, 6.45) is 0.947. The van der Waals surface area contributed by atoms with Crippen molar-refractivity contribution in [1.82, 2.24) is 0 Å². The van der Waals surface area contributed by atoms with E-state index in [4.69, 9.17) is 0 Å². The van der Waals surface area contributed by atoms with Gasteiger partial charge in [0, 0.05) is 18.1 Å². The third-order valence-electron chi connectivity index (χ3n) is 3.65. The average molecular weight is 298 g/mol. The van der Waals surface area contributed by atoms with Crippen molar-refractivity contribution >= 4 is 21.6 Å². The van der Waals surface area contributed by atoms with Gasteiger partial charge >= 0.3 is 0 Å². The second-order valence-electron chi connectivity index (χ2n) is 5.24. The van der Waals surface area contributed by atoms with Gasteiger partial charge in [0.15, 0.2) is 0 Å². The topological polar surface area (TPSA) is 23.5 Å². The highest BCUT2D eigenvalue weighted by molar-refractivity contribution is 9.10. The third-order valence-corrected chi connectivity index (χ3v) is 4.29. The smallest absolute Gasteiger partial charge is 0.0762 e. The molecule has 94 valence electrons. The van der Waals surface area contributed by atoms with Crippen molar-refractivity contribution in [2.45, 2.75) is 26.4 Å². The Morgan fingerprint density at radius 3 is 2.65 bits per heavy atom. The minimum Gasteiger partial charge on any atom is -0.389 e. The van der Waals surface area contributed by atoms with Gasteiger partial charge in [-0.05, 0) is 58.8 Å². The van der Waals surface area contributed by atoms with Gasteiger partial charge in [0.2, 0.25) is 0 Å². The van der Waals surface area contributed by atoms with Gasteiger partial charge in [-0.1, -0.05) is 13.0 Å². The van der Waals surface area contributed by atoms with E-state index in [9.17, 15) is 5.11 Å². The first-order valence-electron chi connectivity index (χ1n) is 6.17. The fraction of sp³-hybridized carbons (Fsp3) is 0.571. The monoisotopic (exact) mass is 297 g/mol. The summed E-state index contributed by atoms with van der Waals surface area (Å²) in [4.78, 5) is 2.30. The Morgan fingerprint density at radius 1 is 1.53 bits per heavy atom. The standard InChI is InChI=1S/C14H20BrNO/c1-9-6-12(9)8-16(3)14-5-4-11(10(2)17)7-13(14)15/h4-5,7,9-10,12,17H,6,8H2,1-3H3. The molecule has 1 aromatic rings. The molecular weight excluding hydrogens is 278 g/mol. The maximum Gasteiger partial charge on any atom is 0.0762 e. The summed E-state index contributed by atoms with van der Waals surface area (Å²) in [6.45, 7) is 5.22. The number of halogens is 1. The van der Waals surface area contributed by atoms with Crippen LogP contribution in [0.3, 0.4) is 0 Å². The molecule has 0 aromatic heterocycles. The molecule has 3 unspecified atom stereocenters. The number of aliphatic hydroxyl groups excluding tert-OH is 1. The van der Waals surface area contributed by atoms with E-state index in [0.29, 0.717) is 0 Å². The predicted molar refractivity (Wildman–Crippen MR) is 75.3 cm³/mol. The fourth-order valence-electron chi connectivity index (χ4n) is 2.20. The van der Waals surface area contributed by atoms with Gasteiger partial charge in [0.25, 0.3) is 0 Å². The summed E-state index contributed by atoms with van der Waals surface area (Å²) in [5.41, 5.74) is 2.15. The molecule has 1 N–H and O–H groups in total. The molecule has 0 radical (unpaired) electrons. The predicted octanol–water partition coefficient (Wildman–Crippen LogP) is 3.59. The molecule has 17 heavy (non-hydrogen) atoms. The lowest BCUT2D eigenvalue weighted by atomic mass is 10.1. The van der Waals surface area contributed by atoms with E-state index in [2.05, 4.69) is 40.9 Å². The summed E-state index contributed by atoms with van der Waals surface area (Å²) in [7, 11) is 2.13. The molecule has 0 aliphatic heterocycles. The molecule has 0 amide bonds. The number of rotatable bonds is 4. The van der Waals surface area contributed by atoms with Crippen molar-refractivity contribution in [2.24, 2.45) is 11.8 Å². The van der Waals surface area contributed by atoms with Crippen molar-refractivity contribution in [1.29, 1.82) is 0 Å². The highest BCUT2D eigenvalue weighted by atomic mass is 79.9. The van der Waals surface area contributed by atoms with Crippen LogP contribution >= 0.6 is 15.9 Å². The molecule has 0 spiro atoms. The second-order valence-corrected chi connectivity index (χ2v) is 6.09. The summed E-state index contributed by atoms with van der Waals surface area (Å²) in [6, 6.07) is 6.09. The zero-order valence-electron chi connectivity index (χ0n) is 10.7. The summed E-state index contributed by atoms with van der Waals surface area (Å²) in [5, 5.41) is 9.53. The zero-order chi connectivity index (χ0) is 12.6. The van der Waals surface area contributed by atoms with Gasteiger partial charge in [-0.15, -0.1) is 0 Å². The number of aliphatic hydroxyl groups is 1. The van der Waals surface area contributed by atoms with Crippen molar-refractivity contribution in [3.8, 4) is 0 Å². The summed E-state index contributed by atoms with van der Waals surface area (Å²) >= 11 is 3.59. The lowest BCUT2D eigenvalue weighted by molar-refractivity contribution is 0.199. The van der Waals surface area contributed by atoms with E-state index in [1.807, 2.05) is 12.1 Å². The maximum absolute atomic E-state index is 9.53. The Morgan fingerprint density at radius 2 is 2.18 bits per heavy atom. The van der Waals surface area contributed by atoms with Crippen LogP contribution in [0.2, 0.25) is 0 Å². The van der Waals surface area contributed by atoms with Crippen LogP contribution in [0.4, 0.5) is 5.69 Å². The minimum atomic E-state index is -0.408. The number of anilines is 1. The van der Waals surface area contributed by atoms with Crippen LogP contribution < -0.4 is 4.90 Å². The molecule has 1 aromatic carbocycles. The van der Waals surface area contributed by atoms with E-state index in [1.165, 1.54) is 12.1 Å². The van der Waals surface area contributed by atoms with Crippen molar-refractivity contribution in [3.05, 3.63) is 28.2 Å². The van der Waals surface area contributed by atoms with Crippen molar-refractivity contribution in [3.63, 3.8) is 0 Å². The zero-order valence-corrected chi connectivity index (χ0v) is 12.2. The molecule has 3 heteroatoms. The Balaban J connectivity index is 2.09. The fourth-order valence-corrected chi connectivity index (χ4v) is 2.90. The Kier molecular flexibility index (Phi) is 3.79. The van der Waals surface area contributed by atoms with Crippen LogP contribution in [-0.2, 0) is 0 Å². The first-order chi connectivity index (χ1) is 7.99. The second kappa shape index (κ2) is 4.99. The summed E-state index contributed by atoms with van der Waals surface area (Å²) in [5.74, 6) is 1.73. The van der Waals surface area contributed by atoms with Crippen LogP contribution in [-0.4, -0.2) is 18.7 Å². The number of nitrogens with zero attached hydrogens (tertiary/aromatic N) is 1. The van der Waals surface area contributed by atoms with Crippen LogP contribution in [0.25, 0.3) is 0 Å². The SMILES string of the molecule is CC(O)c1ccc(N(C)CC2CC2C)c(Br)c1. The highest BCUT2D eigenvalue weighted by Gasteiger charge is 2.33. The van der Waals surface area contributed by atoms with E-state index in [1.54, 1.807) is 6.92 Å². The third kappa shape index (κ3) is 3.02. The van der Waals surface area contributed by atoms with Gasteiger partial charge < -0.3 is 10.0 Å². The minimum absolute atomic E-state index is 0.408. The quantitative estimate of drug-likeness (QED) is 0.918. The largest absolute Gasteiger partial charge is 0.389 e. The molecule has 1 aliphatic rings. The average Bonchev–Trinajstić information content (AvgIpc) is 2.93. The number of hydrogen-bond acceptors (Lipinski definition) is 2. The van der Waals surface area contributed by atoms with Crippen LogP contribution in [0.1, 0.15) is 31.9 Å². The van der Waals surface area contributed by atoms with Gasteiger partial charge in [0.1, 0.15) is 0 Å². The molecule has 2 nitrogen and oxygen atoms in total. The molecule has 1 saturated carbocycles. The molecule has 1 aliphatic carbocycles. The number of hydrogen-bond donors (Lipinski definition) is 1. The van der Waals surface area contributed by atoms with Gasteiger partial charge in [-0.2, -0.15) is 0 Å². The maximum atomic E-state index is 9.53. The van der Waals surface area contributed by atoms with E-state index in [-0.39, 0.29) is 0 Å². The Labute approximate surface area is 112 Å². The highest BCUT2D eigenvalue weighted by Crippen LogP contribution is 2.39. The lowest BCUT2D eigenvalue weighted by Gasteiger charge is -2.21. The number of benzene rings is 1. The van der Waals surface area contributed by atoms with Crippen molar-refractivity contribution in [2.75, 3.05) is 18.5 Å². The molecule has 1 fully saturated rings. The van der Waals surface area contributed by atoms with Crippen LogP contribution in [0.5, 0.6) is 0 Å².